The van der Waals surface area contributed by atoms with Crippen molar-refractivity contribution in [1.82, 2.24) is 0 Å². The van der Waals surface area contributed by atoms with E-state index in [1.807, 2.05) is 6.92 Å². The Morgan fingerprint density at radius 3 is 2.84 bits per heavy atom. The van der Waals surface area contributed by atoms with Crippen molar-refractivity contribution in [1.29, 1.82) is 0 Å². The SMILES string of the molecule is CC(N)CCCC(=O)Nc1ccc(Cl)c([N+](=O)[O-])c1. The third-order valence-electron chi connectivity index (χ3n) is 2.49. The summed E-state index contributed by atoms with van der Waals surface area (Å²) in [5, 5.41) is 13.3. The van der Waals surface area contributed by atoms with Crippen LogP contribution in [0.1, 0.15) is 26.2 Å². The summed E-state index contributed by atoms with van der Waals surface area (Å²) in [6, 6.07) is 4.21. The lowest BCUT2D eigenvalue weighted by molar-refractivity contribution is -0.384. The van der Waals surface area contributed by atoms with E-state index in [1.165, 1.54) is 18.2 Å². The van der Waals surface area contributed by atoms with Crippen molar-refractivity contribution >= 4 is 28.9 Å². The quantitative estimate of drug-likeness (QED) is 0.620. The van der Waals surface area contributed by atoms with E-state index in [-0.39, 0.29) is 22.7 Å². The zero-order chi connectivity index (χ0) is 14.4. The van der Waals surface area contributed by atoms with Gasteiger partial charge in [0.25, 0.3) is 5.69 Å². The van der Waals surface area contributed by atoms with Gasteiger partial charge in [-0.2, -0.15) is 0 Å². The minimum Gasteiger partial charge on any atom is -0.328 e. The van der Waals surface area contributed by atoms with E-state index in [9.17, 15) is 14.9 Å². The topological polar surface area (TPSA) is 98.3 Å². The highest BCUT2D eigenvalue weighted by Crippen LogP contribution is 2.27. The van der Waals surface area contributed by atoms with Crippen LogP contribution in [0.2, 0.25) is 5.02 Å². The van der Waals surface area contributed by atoms with Crippen LogP contribution in [0.5, 0.6) is 0 Å². The van der Waals surface area contributed by atoms with Gasteiger partial charge >= 0.3 is 0 Å². The van der Waals surface area contributed by atoms with E-state index >= 15 is 0 Å². The standard InChI is InChI=1S/C12H16ClN3O3/c1-8(14)3-2-4-12(17)15-9-5-6-10(13)11(7-9)16(18)19/h5-8H,2-4,14H2,1H3,(H,15,17). The Kier molecular flexibility index (Phi) is 5.72. The first-order valence-electron chi connectivity index (χ1n) is 5.89. The van der Waals surface area contributed by atoms with Crippen molar-refractivity contribution in [2.75, 3.05) is 5.32 Å². The minimum absolute atomic E-state index is 0.0416. The molecular formula is C12H16ClN3O3. The average molecular weight is 286 g/mol. The molecule has 1 amide bonds. The Hall–Kier alpha value is -1.66. The van der Waals surface area contributed by atoms with Gasteiger partial charge in [0.15, 0.2) is 0 Å². The summed E-state index contributed by atoms with van der Waals surface area (Å²) in [6.45, 7) is 1.88. The zero-order valence-electron chi connectivity index (χ0n) is 10.6. The number of nitro benzene ring substituents is 1. The van der Waals surface area contributed by atoms with Crippen LogP contribution in [-0.2, 0) is 4.79 Å². The number of carbonyl (C=O) groups excluding carboxylic acids is 1. The van der Waals surface area contributed by atoms with Crippen LogP contribution in [-0.4, -0.2) is 16.9 Å². The van der Waals surface area contributed by atoms with E-state index in [0.29, 0.717) is 18.5 Å². The predicted molar refractivity (Wildman–Crippen MR) is 74.2 cm³/mol. The molecular weight excluding hydrogens is 270 g/mol. The lowest BCUT2D eigenvalue weighted by Crippen LogP contribution is -2.16. The highest BCUT2D eigenvalue weighted by atomic mass is 35.5. The molecule has 0 radical (unpaired) electrons. The Morgan fingerprint density at radius 1 is 1.58 bits per heavy atom. The molecule has 6 nitrogen and oxygen atoms in total. The zero-order valence-corrected chi connectivity index (χ0v) is 11.3. The Balaban J connectivity index is 2.60. The number of hydrogen-bond acceptors (Lipinski definition) is 4. The summed E-state index contributed by atoms with van der Waals surface area (Å²) in [5.74, 6) is -0.197. The molecule has 0 aliphatic rings. The van der Waals surface area contributed by atoms with Crippen molar-refractivity contribution in [2.45, 2.75) is 32.2 Å². The highest BCUT2D eigenvalue weighted by Gasteiger charge is 2.13. The van der Waals surface area contributed by atoms with Gasteiger partial charge in [-0.05, 0) is 31.9 Å². The maximum absolute atomic E-state index is 11.6. The molecule has 0 bridgehead atoms. The van der Waals surface area contributed by atoms with Crippen LogP contribution < -0.4 is 11.1 Å². The van der Waals surface area contributed by atoms with Crippen LogP contribution in [0.4, 0.5) is 11.4 Å². The minimum atomic E-state index is -0.589. The Morgan fingerprint density at radius 2 is 2.26 bits per heavy atom. The summed E-state index contributed by atoms with van der Waals surface area (Å²) in [4.78, 5) is 21.7. The number of hydrogen-bond donors (Lipinski definition) is 2. The average Bonchev–Trinajstić information content (AvgIpc) is 2.30. The number of halogens is 1. The smallest absolute Gasteiger partial charge is 0.289 e. The third kappa shape index (κ3) is 5.23. The van der Waals surface area contributed by atoms with Gasteiger partial charge in [0.05, 0.1) is 4.92 Å². The Bertz CT molecular complexity index is 477. The number of nitrogens with zero attached hydrogens (tertiary/aromatic N) is 1. The van der Waals surface area contributed by atoms with Gasteiger partial charge < -0.3 is 11.1 Å². The van der Waals surface area contributed by atoms with Crippen molar-refractivity contribution in [3.8, 4) is 0 Å². The van der Waals surface area contributed by atoms with Crippen molar-refractivity contribution in [3.05, 3.63) is 33.3 Å². The number of anilines is 1. The summed E-state index contributed by atoms with van der Waals surface area (Å²) < 4.78 is 0. The van der Waals surface area contributed by atoms with Crippen LogP contribution in [0, 0.1) is 10.1 Å². The molecule has 0 spiro atoms. The second kappa shape index (κ2) is 7.06. The molecule has 3 N–H and O–H groups in total. The van der Waals surface area contributed by atoms with E-state index in [4.69, 9.17) is 17.3 Å². The molecule has 0 heterocycles. The number of nitro groups is 1. The fourth-order valence-electron chi connectivity index (χ4n) is 1.54. The highest BCUT2D eigenvalue weighted by molar-refractivity contribution is 6.32. The molecule has 0 aliphatic heterocycles. The molecule has 1 aromatic rings. The fourth-order valence-corrected chi connectivity index (χ4v) is 1.72. The lowest BCUT2D eigenvalue weighted by atomic mass is 10.1. The van der Waals surface area contributed by atoms with Crippen LogP contribution in [0.25, 0.3) is 0 Å². The molecule has 1 rings (SSSR count). The monoisotopic (exact) mass is 285 g/mol. The first-order chi connectivity index (χ1) is 8.90. The summed E-state index contributed by atoms with van der Waals surface area (Å²) >= 11 is 5.68. The van der Waals surface area contributed by atoms with Gasteiger partial charge in [-0.1, -0.05) is 11.6 Å². The van der Waals surface area contributed by atoms with Crippen molar-refractivity contribution in [2.24, 2.45) is 5.73 Å². The number of nitrogens with two attached hydrogens (primary N) is 1. The lowest BCUT2D eigenvalue weighted by Gasteiger charge is -2.07. The van der Waals surface area contributed by atoms with Gasteiger partial charge in [0.1, 0.15) is 5.02 Å². The van der Waals surface area contributed by atoms with E-state index < -0.39 is 4.92 Å². The van der Waals surface area contributed by atoms with Gasteiger partial charge in [-0.25, -0.2) is 0 Å². The van der Waals surface area contributed by atoms with Gasteiger partial charge in [-0.3, -0.25) is 14.9 Å². The predicted octanol–water partition coefficient (Wildman–Crippen LogP) is 2.70. The number of nitrogens with one attached hydrogen (secondary N) is 1. The second-order valence-corrected chi connectivity index (χ2v) is 4.75. The number of carbonyl (C=O) groups is 1. The molecule has 1 aromatic carbocycles. The number of rotatable bonds is 6. The van der Waals surface area contributed by atoms with E-state index in [2.05, 4.69) is 5.32 Å². The molecule has 19 heavy (non-hydrogen) atoms. The molecule has 0 saturated carbocycles. The first-order valence-corrected chi connectivity index (χ1v) is 6.27. The summed E-state index contributed by atoms with van der Waals surface area (Å²) in [6.07, 6.45) is 1.77. The Labute approximate surface area is 116 Å². The van der Waals surface area contributed by atoms with Crippen LogP contribution in [0.15, 0.2) is 18.2 Å². The molecule has 0 fully saturated rings. The molecule has 104 valence electrons. The largest absolute Gasteiger partial charge is 0.328 e. The van der Waals surface area contributed by atoms with Gasteiger partial charge in [0.2, 0.25) is 5.91 Å². The van der Waals surface area contributed by atoms with Crippen molar-refractivity contribution < 1.29 is 9.72 Å². The maximum Gasteiger partial charge on any atom is 0.289 e. The van der Waals surface area contributed by atoms with Crippen LogP contribution >= 0.6 is 11.6 Å². The molecule has 0 saturated heterocycles. The molecule has 7 heteroatoms. The van der Waals surface area contributed by atoms with Crippen molar-refractivity contribution in [3.63, 3.8) is 0 Å². The number of amides is 1. The van der Waals surface area contributed by atoms with Gasteiger partial charge in [0, 0.05) is 24.2 Å². The third-order valence-corrected chi connectivity index (χ3v) is 2.81. The van der Waals surface area contributed by atoms with Gasteiger partial charge in [-0.15, -0.1) is 0 Å². The van der Waals surface area contributed by atoms with E-state index in [0.717, 1.165) is 6.42 Å². The normalized spacial score (nSPS) is 11.9. The number of benzene rings is 1. The summed E-state index contributed by atoms with van der Waals surface area (Å²) in [7, 11) is 0. The molecule has 1 atom stereocenters. The maximum atomic E-state index is 11.6. The first kappa shape index (κ1) is 15.4. The molecule has 0 aliphatic carbocycles. The summed E-state index contributed by atoms with van der Waals surface area (Å²) in [5.41, 5.74) is 5.72. The molecule has 0 aromatic heterocycles. The van der Waals surface area contributed by atoms with Crippen LogP contribution in [0.3, 0.4) is 0 Å². The molecule has 1 unspecified atom stereocenters. The fraction of sp³-hybridized carbons (Fsp3) is 0.417. The van der Waals surface area contributed by atoms with E-state index in [1.54, 1.807) is 0 Å². The second-order valence-electron chi connectivity index (χ2n) is 4.34.